The number of ether oxygens (including phenoxy) is 3. The van der Waals surface area contributed by atoms with Crippen LogP contribution in [0.4, 0.5) is 0 Å². The maximum atomic E-state index is 10.3. The van der Waals surface area contributed by atoms with Crippen molar-refractivity contribution in [1.82, 2.24) is 0 Å². The summed E-state index contributed by atoms with van der Waals surface area (Å²) in [5.74, 6) is -2.89. The Bertz CT molecular complexity index is 752. The predicted molar refractivity (Wildman–Crippen MR) is 156 cm³/mol. The van der Waals surface area contributed by atoms with Gasteiger partial charge < -0.3 is 60.2 Å². The second-order valence-corrected chi connectivity index (χ2v) is 11.3. The van der Waals surface area contributed by atoms with E-state index in [4.69, 9.17) is 29.5 Å². The lowest BCUT2D eigenvalue weighted by Gasteiger charge is -2.43. The summed E-state index contributed by atoms with van der Waals surface area (Å²) in [6.45, 7) is -0.0636. The van der Waals surface area contributed by atoms with Gasteiger partial charge in [-0.25, -0.2) is 0 Å². The fourth-order valence-corrected chi connectivity index (χ4v) is 4.98. The fourth-order valence-electron chi connectivity index (χ4n) is 4.98. The van der Waals surface area contributed by atoms with Gasteiger partial charge in [0, 0.05) is 6.42 Å². The van der Waals surface area contributed by atoms with Crippen molar-refractivity contribution in [2.75, 3.05) is 19.8 Å². The molecule has 0 saturated carbocycles. The second kappa shape index (κ2) is 22.3. The van der Waals surface area contributed by atoms with Gasteiger partial charge in [-0.1, -0.05) is 70.4 Å². The minimum atomic E-state index is -2.22. The van der Waals surface area contributed by atoms with Crippen molar-refractivity contribution < 1.29 is 65.0 Å². The molecular formula is C30H56O13. The Kier molecular flexibility index (Phi) is 20.6. The Hall–Kier alpha value is -1.23. The number of carboxylic acids is 1. The van der Waals surface area contributed by atoms with Crippen LogP contribution >= 0.6 is 0 Å². The summed E-state index contributed by atoms with van der Waals surface area (Å²) in [5, 5.41) is 85.2. The van der Waals surface area contributed by atoms with E-state index in [1.54, 1.807) is 0 Å². The summed E-state index contributed by atoms with van der Waals surface area (Å²) in [6, 6.07) is 0. The monoisotopic (exact) mass is 624 g/mol. The third-order valence-electron chi connectivity index (χ3n) is 7.72. The Balaban J connectivity index is 0.000000436. The minimum Gasteiger partial charge on any atom is -0.481 e. The summed E-state index contributed by atoms with van der Waals surface area (Å²) in [5.41, 5.74) is 0. The van der Waals surface area contributed by atoms with Crippen LogP contribution in [0.3, 0.4) is 0 Å². The highest BCUT2D eigenvalue weighted by Gasteiger charge is 2.58. The van der Waals surface area contributed by atoms with Crippen LogP contribution in [-0.2, 0) is 19.0 Å². The molecule has 9 N–H and O–H groups in total. The first-order valence-electron chi connectivity index (χ1n) is 15.7. The number of hydrogen-bond donors (Lipinski definition) is 9. The van der Waals surface area contributed by atoms with Crippen LogP contribution in [0.25, 0.3) is 0 Å². The average Bonchev–Trinajstić information content (AvgIpc) is 3.24. The molecule has 2 saturated heterocycles. The highest BCUT2D eigenvalue weighted by molar-refractivity contribution is 5.66. The van der Waals surface area contributed by atoms with Crippen LogP contribution in [0, 0.1) is 0 Å². The Morgan fingerprint density at radius 1 is 0.721 bits per heavy atom. The molecule has 0 aromatic carbocycles. The van der Waals surface area contributed by atoms with Crippen molar-refractivity contribution in [3.8, 4) is 0 Å². The number of unbranched alkanes of at least 4 members (excludes halogenated alkanes) is 11. The van der Waals surface area contributed by atoms with Crippen molar-refractivity contribution in [1.29, 1.82) is 0 Å². The Morgan fingerprint density at radius 3 is 1.74 bits per heavy atom. The molecule has 2 fully saturated rings. The summed E-state index contributed by atoms with van der Waals surface area (Å²) < 4.78 is 15.4. The standard InChI is InChI=1S/C18H34O2.C12H22O11/c1-2-3-4-5-6-7-8-9-10-11-12-13-14-15-16-17-18(19)20;13-1-4-6(16)8(18)9(19)11(21-4)23-12(3-15)10(20)7(17)5(2-14)22-12/h9-10H,2-8,11-17H2,1H3,(H,19,20);4-11,13-20H,1-3H2/b10-9-;/t;4-,5-,6-,7-,8+,9-,10+,11-,12+/m.1/s1. The number of hydrogen-bond acceptors (Lipinski definition) is 12. The van der Waals surface area contributed by atoms with Gasteiger partial charge >= 0.3 is 5.97 Å². The maximum Gasteiger partial charge on any atom is 0.303 e. The summed E-state index contributed by atoms with van der Waals surface area (Å²) in [7, 11) is 0. The Morgan fingerprint density at radius 2 is 1.26 bits per heavy atom. The number of allylic oxidation sites excluding steroid dienone is 2. The van der Waals surface area contributed by atoms with E-state index in [-0.39, 0.29) is 0 Å². The molecule has 2 rings (SSSR count). The van der Waals surface area contributed by atoms with Crippen molar-refractivity contribution in [3.05, 3.63) is 12.2 Å². The maximum absolute atomic E-state index is 10.3. The molecule has 0 aliphatic carbocycles. The van der Waals surface area contributed by atoms with Gasteiger partial charge in [0.1, 0.15) is 49.3 Å². The zero-order valence-corrected chi connectivity index (χ0v) is 25.5. The van der Waals surface area contributed by atoms with E-state index in [9.17, 15) is 35.4 Å². The van der Waals surface area contributed by atoms with Crippen LogP contribution < -0.4 is 0 Å². The highest BCUT2D eigenvalue weighted by atomic mass is 16.8. The smallest absolute Gasteiger partial charge is 0.303 e. The zero-order chi connectivity index (χ0) is 32.3. The van der Waals surface area contributed by atoms with E-state index in [0.29, 0.717) is 6.42 Å². The van der Waals surface area contributed by atoms with Crippen molar-refractivity contribution in [2.45, 2.75) is 152 Å². The molecule has 254 valence electrons. The quantitative estimate of drug-likeness (QED) is 0.0673. The third kappa shape index (κ3) is 13.7. The predicted octanol–water partition coefficient (Wildman–Crippen LogP) is 0.713. The van der Waals surface area contributed by atoms with E-state index in [0.717, 1.165) is 12.8 Å². The summed E-state index contributed by atoms with van der Waals surface area (Å²) in [6.07, 6.45) is 8.59. The van der Waals surface area contributed by atoms with Crippen molar-refractivity contribution >= 4 is 5.97 Å². The lowest BCUT2D eigenvalue weighted by molar-refractivity contribution is -0.383. The van der Waals surface area contributed by atoms with Gasteiger partial charge in [-0.2, -0.15) is 0 Å². The van der Waals surface area contributed by atoms with E-state index in [1.807, 2.05) is 0 Å². The molecule has 0 unspecified atom stereocenters. The van der Waals surface area contributed by atoms with Crippen LogP contribution in [0.5, 0.6) is 0 Å². The van der Waals surface area contributed by atoms with Crippen molar-refractivity contribution in [2.24, 2.45) is 0 Å². The molecule has 2 aliphatic rings. The number of aliphatic hydroxyl groups excluding tert-OH is 8. The van der Waals surface area contributed by atoms with Gasteiger partial charge in [0.15, 0.2) is 6.29 Å². The first-order valence-corrected chi connectivity index (χ1v) is 15.7. The molecule has 0 aromatic heterocycles. The SMILES string of the molecule is CCCCCCCC/C=C\CCCCCCCC(=O)O.OC[C@H]1O[C@@](CO)(O[C@H]2O[C@H](CO)[C@@H](O)[C@H](O)[C@H]2O)[C@@H](O)[C@@H]1O. The molecule has 2 heterocycles. The molecule has 0 radical (unpaired) electrons. The molecule has 0 amide bonds. The van der Waals surface area contributed by atoms with Gasteiger partial charge in [0.25, 0.3) is 0 Å². The number of rotatable bonds is 20. The fraction of sp³-hybridized carbons (Fsp3) is 0.900. The Labute approximate surface area is 254 Å². The normalized spacial score (nSPS) is 32.6. The highest BCUT2D eigenvalue weighted by Crippen LogP contribution is 2.35. The van der Waals surface area contributed by atoms with Gasteiger partial charge in [-0.3, -0.25) is 4.79 Å². The molecule has 2 aliphatic heterocycles. The average molecular weight is 625 g/mol. The lowest BCUT2D eigenvalue weighted by Crippen LogP contribution is -2.62. The number of aliphatic hydroxyl groups is 8. The van der Waals surface area contributed by atoms with Crippen LogP contribution in [-0.4, -0.2) is 127 Å². The number of carbonyl (C=O) groups is 1. The van der Waals surface area contributed by atoms with Crippen LogP contribution in [0.1, 0.15) is 96.8 Å². The van der Waals surface area contributed by atoms with Gasteiger partial charge in [-0.15, -0.1) is 0 Å². The molecule has 0 bridgehead atoms. The van der Waals surface area contributed by atoms with Gasteiger partial charge in [0.05, 0.1) is 13.2 Å². The molecular weight excluding hydrogens is 568 g/mol. The molecule has 43 heavy (non-hydrogen) atoms. The van der Waals surface area contributed by atoms with E-state index in [2.05, 4.69) is 19.1 Å². The lowest BCUT2D eigenvalue weighted by atomic mass is 9.99. The van der Waals surface area contributed by atoms with E-state index in [1.165, 1.54) is 70.6 Å². The topological polar surface area (TPSA) is 227 Å². The zero-order valence-electron chi connectivity index (χ0n) is 25.5. The summed E-state index contributed by atoms with van der Waals surface area (Å²) >= 11 is 0. The third-order valence-corrected chi connectivity index (χ3v) is 7.72. The second-order valence-electron chi connectivity index (χ2n) is 11.3. The first-order chi connectivity index (χ1) is 20.6. The number of carboxylic acid groups (broad SMARTS) is 1. The molecule has 9 atom stereocenters. The molecule has 13 nitrogen and oxygen atoms in total. The van der Waals surface area contributed by atoms with E-state index < -0.39 is 80.6 Å². The van der Waals surface area contributed by atoms with Gasteiger partial charge in [0.2, 0.25) is 5.79 Å². The van der Waals surface area contributed by atoms with E-state index >= 15 is 0 Å². The largest absolute Gasteiger partial charge is 0.481 e. The van der Waals surface area contributed by atoms with Crippen molar-refractivity contribution in [3.63, 3.8) is 0 Å². The van der Waals surface area contributed by atoms with Crippen LogP contribution in [0.2, 0.25) is 0 Å². The molecule has 0 aromatic rings. The van der Waals surface area contributed by atoms with Crippen LogP contribution in [0.15, 0.2) is 12.2 Å². The minimum absolute atomic E-state index is 0.332. The summed E-state index contributed by atoms with van der Waals surface area (Å²) in [4.78, 5) is 10.3. The van der Waals surface area contributed by atoms with Gasteiger partial charge in [-0.05, 0) is 32.1 Å². The molecule has 13 heteroatoms. The number of aliphatic carboxylic acids is 1. The molecule has 0 spiro atoms. The first kappa shape index (κ1) is 39.8.